The Hall–Kier alpha value is -2.69. The van der Waals surface area contributed by atoms with Crippen molar-refractivity contribution in [1.29, 1.82) is 0 Å². The molecular weight excluding hydrogens is 319 g/mol. The van der Waals surface area contributed by atoms with E-state index in [9.17, 15) is 14.0 Å². The average Bonchev–Trinajstić information content (AvgIpc) is 2.58. The minimum atomic E-state index is -0.331. The van der Waals surface area contributed by atoms with Gasteiger partial charge >= 0.3 is 0 Å². The van der Waals surface area contributed by atoms with E-state index in [0.29, 0.717) is 18.5 Å². The molecular formula is C20H21FN2O2. The normalized spacial score (nSPS) is 13.5. The number of aryl methyl sites for hydroxylation is 1. The molecule has 0 unspecified atom stereocenters. The van der Waals surface area contributed by atoms with E-state index in [1.807, 2.05) is 12.1 Å². The number of amides is 2. The third-order valence-electron chi connectivity index (χ3n) is 4.48. The van der Waals surface area contributed by atoms with Crippen molar-refractivity contribution in [3.63, 3.8) is 0 Å². The van der Waals surface area contributed by atoms with E-state index in [1.165, 1.54) is 17.7 Å². The molecule has 0 aliphatic carbocycles. The number of anilines is 1. The summed E-state index contributed by atoms with van der Waals surface area (Å²) in [6.07, 6.45) is 2.20. The van der Waals surface area contributed by atoms with Crippen LogP contribution in [0, 0.1) is 5.82 Å². The zero-order valence-corrected chi connectivity index (χ0v) is 14.2. The van der Waals surface area contributed by atoms with Gasteiger partial charge < -0.3 is 10.2 Å². The maximum absolute atomic E-state index is 13.1. The van der Waals surface area contributed by atoms with E-state index >= 15 is 0 Å². The van der Waals surface area contributed by atoms with Crippen LogP contribution in [-0.2, 0) is 28.9 Å². The maximum atomic E-state index is 13.1. The molecule has 0 bridgehead atoms. The predicted octanol–water partition coefficient (Wildman–Crippen LogP) is 2.64. The second kappa shape index (κ2) is 7.47. The number of hydrogen-bond acceptors (Lipinski definition) is 2. The highest BCUT2D eigenvalue weighted by Crippen LogP contribution is 2.27. The van der Waals surface area contributed by atoms with E-state index < -0.39 is 0 Å². The zero-order chi connectivity index (χ0) is 17.8. The largest absolute Gasteiger partial charge is 0.355 e. The molecule has 0 atom stereocenters. The molecule has 0 fully saturated rings. The van der Waals surface area contributed by atoms with Crippen molar-refractivity contribution in [2.75, 3.05) is 18.5 Å². The summed E-state index contributed by atoms with van der Waals surface area (Å²) in [4.78, 5) is 25.4. The van der Waals surface area contributed by atoms with Crippen molar-refractivity contribution >= 4 is 17.5 Å². The lowest BCUT2D eigenvalue weighted by Crippen LogP contribution is -2.31. The maximum Gasteiger partial charge on any atom is 0.227 e. The number of nitrogens with one attached hydrogen (secondary N) is 1. The fraction of sp³-hybridized carbons (Fsp3) is 0.300. The lowest BCUT2D eigenvalue weighted by atomic mass is 9.98. The SMILES string of the molecule is CN1C(=O)CCc2cc(CCNC(=O)Cc3cccc(F)c3)ccc21. The van der Waals surface area contributed by atoms with Crippen LogP contribution in [0.1, 0.15) is 23.1 Å². The summed E-state index contributed by atoms with van der Waals surface area (Å²) < 4.78 is 13.1. The third kappa shape index (κ3) is 4.24. The van der Waals surface area contributed by atoms with Crippen LogP contribution in [0.3, 0.4) is 0 Å². The summed E-state index contributed by atoms with van der Waals surface area (Å²) in [6.45, 7) is 0.529. The topological polar surface area (TPSA) is 49.4 Å². The molecule has 0 radical (unpaired) electrons. The van der Waals surface area contributed by atoms with E-state index in [0.717, 1.165) is 24.1 Å². The summed E-state index contributed by atoms with van der Waals surface area (Å²) in [6, 6.07) is 12.2. The van der Waals surface area contributed by atoms with Crippen molar-refractivity contribution in [3.05, 3.63) is 65.0 Å². The van der Waals surface area contributed by atoms with Crippen molar-refractivity contribution in [2.24, 2.45) is 0 Å². The van der Waals surface area contributed by atoms with Crippen LogP contribution in [0.4, 0.5) is 10.1 Å². The minimum Gasteiger partial charge on any atom is -0.355 e. The number of nitrogens with zero attached hydrogens (tertiary/aromatic N) is 1. The Kier molecular flexibility index (Phi) is 5.12. The van der Waals surface area contributed by atoms with E-state index in [1.54, 1.807) is 24.1 Å². The van der Waals surface area contributed by atoms with Crippen molar-refractivity contribution in [1.82, 2.24) is 5.32 Å². The van der Waals surface area contributed by atoms with E-state index in [-0.39, 0.29) is 24.1 Å². The van der Waals surface area contributed by atoms with Gasteiger partial charge in [-0.15, -0.1) is 0 Å². The highest BCUT2D eigenvalue weighted by Gasteiger charge is 2.20. The lowest BCUT2D eigenvalue weighted by Gasteiger charge is -2.26. The molecule has 5 heteroatoms. The van der Waals surface area contributed by atoms with Gasteiger partial charge in [0.25, 0.3) is 0 Å². The number of carbonyl (C=O) groups excluding carboxylic acids is 2. The van der Waals surface area contributed by atoms with E-state index in [4.69, 9.17) is 0 Å². The van der Waals surface area contributed by atoms with Gasteiger partial charge in [-0.3, -0.25) is 9.59 Å². The summed E-state index contributed by atoms with van der Waals surface area (Å²) >= 11 is 0. The van der Waals surface area contributed by atoms with Gasteiger partial charge in [0.1, 0.15) is 5.82 Å². The molecule has 0 aromatic heterocycles. The first kappa shape index (κ1) is 17.1. The molecule has 130 valence electrons. The summed E-state index contributed by atoms with van der Waals surface area (Å²) in [5, 5.41) is 2.87. The van der Waals surface area contributed by atoms with Gasteiger partial charge in [0.05, 0.1) is 6.42 Å². The van der Waals surface area contributed by atoms with Gasteiger partial charge in [0, 0.05) is 25.7 Å². The third-order valence-corrected chi connectivity index (χ3v) is 4.48. The van der Waals surface area contributed by atoms with Crippen molar-refractivity contribution < 1.29 is 14.0 Å². The molecule has 1 N–H and O–H groups in total. The fourth-order valence-electron chi connectivity index (χ4n) is 3.11. The number of halogens is 1. The summed E-state index contributed by atoms with van der Waals surface area (Å²) in [5.41, 5.74) is 3.94. The van der Waals surface area contributed by atoms with Gasteiger partial charge in [-0.1, -0.05) is 24.3 Å². The molecule has 4 nitrogen and oxygen atoms in total. The quantitative estimate of drug-likeness (QED) is 0.910. The standard InChI is InChI=1S/C20H21FN2O2/c1-23-18-7-5-14(11-16(18)6-8-20(23)25)9-10-22-19(24)13-15-3-2-4-17(21)12-15/h2-5,7,11-12H,6,8-10,13H2,1H3,(H,22,24). The Labute approximate surface area is 146 Å². The smallest absolute Gasteiger partial charge is 0.227 e. The molecule has 25 heavy (non-hydrogen) atoms. The van der Waals surface area contributed by atoms with Crippen LogP contribution in [0.25, 0.3) is 0 Å². The molecule has 0 saturated heterocycles. The molecule has 1 heterocycles. The summed E-state index contributed by atoms with van der Waals surface area (Å²) in [5.74, 6) is -0.304. The predicted molar refractivity (Wildman–Crippen MR) is 95.0 cm³/mol. The van der Waals surface area contributed by atoms with Crippen molar-refractivity contribution in [3.8, 4) is 0 Å². The first-order valence-corrected chi connectivity index (χ1v) is 8.42. The molecule has 2 amide bonds. The number of hydrogen-bond donors (Lipinski definition) is 1. The summed E-state index contributed by atoms with van der Waals surface area (Å²) in [7, 11) is 1.80. The first-order chi connectivity index (χ1) is 12.0. The van der Waals surface area contributed by atoms with Gasteiger partial charge in [0.2, 0.25) is 11.8 Å². The van der Waals surface area contributed by atoms with Crippen molar-refractivity contribution in [2.45, 2.75) is 25.7 Å². The number of fused-ring (bicyclic) bond motifs is 1. The molecule has 2 aromatic rings. The van der Waals surface area contributed by atoms with Crippen LogP contribution < -0.4 is 10.2 Å². The average molecular weight is 340 g/mol. The number of carbonyl (C=O) groups is 2. The highest BCUT2D eigenvalue weighted by atomic mass is 19.1. The Balaban J connectivity index is 1.52. The molecule has 2 aromatic carbocycles. The minimum absolute atomic E-state index is 0.117. The van der Waals surface area contributed by atoms with E-state index in [2.05, 4.69) is 11.4 Å². The van der Waals surface area contributed by atoms with Crippen LogP contribution >= 0.6 is 0 Å². The monoisotopic (exact) mass is 340 g/mol. The zero-order valence-electron chi connectivity index (χ0n) is 14.2. The van der Waals surface area contributed by atoms with Crippen LogP contribution in [0.2, 0.25) is 0 Å². The van der Waals surface area contributed by atoms with Gasteiger partial charge in [-0.25, -0.2) is 4.39 Å². The van der Waals surface area contributed by atoms with Crippen LogP contribution in [0.15, 0.2) is 42.5 Å². The Morgan fingerprint density at radius 1 is 1.16 bits per heavy atom. The van der Waals surface area contributed by atoms with Gasteiger partial charge in [-0.05, 0) is 47.7 Å². The fourth-order valence-corrected chi connectivity index (χ4v) is 3.11. The van der Waals surface area contributed by atoms with Gasteiger partial charge in [0.15, 0.2) is 0 Å². The second-order valence-corrected chi connectivity index (χ2v) is 6.32. The van der Waals surface area contributed by atoms with Crippen LogP contribution in [-0.4, -0.2) is 25.4 Å². The number of benzene rings is 2. The lowest BCUT2D eigenvalue weighted by molar-refractivity contribution is -0.120. The molecule has 0 saturated carbocycles. The molecule has 3 rings (SSSR count). The first-order valence-electron chi connectivity index (χ1n) is 8.42. The number of rotatable bonds is 5. The highest BCUT2D eigenvalue weighted by molar-refractivity contribution is 5.95. The Morgan fingerprint density at radius 2 is 2.00 bits per heavy atom. The van der Waals surface area contributed by atoms with Crippen LogP contribution in [0.5, 0.6) is 0 Å². The molecule has 1 aliphatic rings. The second-order valence-electron chi connectivity index (χ2n) is 6.32. The molecule has 0 spiro atoms. The Morgan fingerprint density at radius 3 is 2.80 bits per heavy atom. The Bertz CT molecular complexity index is 804. The van der Waals surface area contributed by atoms with Gasteiger partial charge in [-0.2, -0.15) is 0 Å². The molecule has 1 aliphatic heterocycles.